The van der Waals surface area contributed by atoms with Gasteiger partial charge in [-0.15, -0.1) is 0 Å². The molecule has 1 aliphatic carbocycles. The second kappa shape index (κ2) is 22.5. The lowest BCUT2D eigenvalue weighted by Gasteiger charge is -2.30. The van der Waals surface area contributed by atoms with Crippen LogP contribution in [0.1, 0.15) is 71.4 Å². The first-order valence-corrected chi connectivity index (χ1v) is 22.7. The highest BCUT2D eigenvalue weighted by atomic mass is 16.6. The minimum atomic E-state index is -1.14. The molecule has 2 saturated heterocycles. The number of carbonyl (C=O) groups excluding carboxylic acids is 3. The maximum Gasteiger partial charge on any atom is 0.407 e. The SMILES string of the molecule is CC(C)(C)OC(=O)NC(Cc1ccccc1)C(O)CC(Cc1ccc(OCCN2CCOCC2)cc1)C(=O)NC1c2ccccc2CC1OC(=O)c1ccc(CN2CCOCC2)cc1. The van der Waals surface area contributed by atoms with E-state index in [0.29, 0.717) is 38.2 Å². The van der Waals surface area contributed by atoms with E-state index in [1.807, 2.05) is 91.0 Å². The molecule has 0 saturated carbocycles. The molecular formula is C51H64N4O9. The van der Waals surface area contributed by atoms with Crippen LogP contribution in [-0.4, -0.2) is 122 Å². The maximum atomic E-state index is 14.8. The largest absolute Gasteiger partial charge is 0.492 e. The zero-order chi connectivity index (χ0) is 44.9. The lowest BCUT2D eigenvalue weighted by Crippen LogP contribution is -2.48. The molecule has 13 heteroatoms. The highest BCUT2D eigenvalue weighted by Gasteiger charge is 2.39. The molecule has 2 heterocycles. The molecule has 0 radical (unpaired) electrons. The van der Waals surface area contributed by atoms with E-state index in [0.717, 1.165) is 86.0 Å². The highest BCUT2D eigenvalue weighted by Crippen LogP contribution is 2.35. The summed E-state index contributed by atoms with van der Waals surface area (Å²) < 4.78 is 28.8. The molecule has 0 aromatic heterocycles. The Morgan fingerprint density at radius 3 is 2.08 bits per heavy atom. The van der Waals surface area contributed by atoms with Gasteiger partial charge in [0.05, 0.1) is 50.2 Å². The van der Waals surface area contributed by atoms with Gasteiger partial charge in [-0.2, -0.15) is 0 Å². The van der Waals surface area contributed by atoms with Gasteiger partial charge >= 0.3 is 12.1 Å². The number of alkyl carbamates (subject to hydrolysis) is 1. The number of aliphatic hydroxyl groups is 1. The molecule has 13 nitrogen and oxygen atoms in total. The molecule has 3 N–H and O–H groups in total. The van der Waals surface area contributed by atoms with Crippen LogP contribution in [0.4, 0.5) is 4.79 Å². The van der Waals surface area contributed by atoms with Crippen molar-refractivity contribution in [2.24, 2.45) is 5.92 Å². The van der Waals surface area contributed by atoms with E-state index in [4.69, 9.17) is 23.7 Å². The number of nitrogens with zero attached hydrogens (tertiary/aromatic N) is 2. The number of aliphatic hydroxyl groups excluding tert-OH is 1. The van der Waals surface area contributed by atoms with Crippen LogP contribution in [0.25, 0.3) is 0 Å². The summed E-state index contributed by atoms with van der Waals surface area (Å²) in [7, 11) is 0. The van der Waals surface area contributed by atoms with Crippen LogP contribution in [0.15, 0.2) is 103 Å². The van der Waals surface area contributed by atoms with E-state index in [1.165, 1.54) is 0 Å². The number of hydrogen-bond acceptors (Lipinski definition) is 11. The third-order valence-corrected chi connectivity index (χ3v) is 12.0. The van der Waals surface area contributed by atoms with Crippen molar-refractivity contribution in [3.63, 3.8) is 0 Å². The van der Waals surface area contributed by atoms with Crippen LogP contribution in [0, 0.1) is 5.92 Å². The molecule has 4 aromatic carbocycles. The fraction of sp³-hybridized carbons (Fsp3) is 0.471. The van der Waals surface area contributed by atoms with Crippen molar-refractivity contribution >= 4 is 18.0 Å². The monoisotopic (exact) mass is 876 g/mol. The molecule has 2 amide bonds. The van der Waals surface area contributed by atoms with Gasteiger partial charge < -0.3 is 39.4 Å². The van der Waals surface area contributed by atoms with E-state index < -0.39 is 47.9 Å². The van der Waals surface area contributed by atoms with E-state index in [9.17, 15) is 19.5 Å². The van der Waals surface area contributed by atoms with Crippen LogP contribution in [0.2, 0.25) is 0 Å². The van der Waals surface area contributed by atoms with Crippen LogP contribution < -0.4 is 15.4 Å². The molecule has 64 heavy (non-hydrogen) atoms. The normalized spacial score (nSPS) is 19.4. The second-order valence-corrected chi connectivity index (χ2v) is 18.0. The number of ether oxygens (including phenoxy) is 5. The summed E-state index contributed by atoms with van der Waals surface area (Å²) in [4.78, 5) is 46.3. The van der Waals surface area contributed by atoms with E-state index in [1.54, 1.807) is 32.9 Å². The average molecular weight is 877 g/mol. The maximum absolute atomic E-state index is 14.8. The van der Waals surface area contributed by atoms with Crippen molar-refractivity contribution in [1.29, 1.82) is 0 Å². The number of carbonyl (C=O) groups is 3. The number of morpholine rings is 2. The first-order valence-electron chi connectivity index (χ1n) is 22.7. The standard InChI is InChI=1S/C51H64N4O9/c1-51(2,3)64-50(59)52-44(32-36-9-5-4-6-10-36)45(56)33-41(31-37-15-19-42(20-16-37)62-30-25-54-21-26-60-27-22-54)48(57)53-47-43-12-8-7-11-40(43)34-46(47)63-49(58)39-17-13-38(14-18-39)35-55-23-28-61-29-24-55/h4-20,41,44-47,56H,21-35H2,1-3H3,(H,52,59)(H,53,57). The second-order valence-electron chi connectivity index (χ2n) is 18.0. The molecule has 0 bridgehead atoms. The lowest BCUT2D eigenvalue weighted by molar-refractivity contribution is -0.127. The van der Waals surface area contributed by atoms with Crippen LogP contribution in [0.3, 0.4) is 0 Å². The van der Waals surface area contributed by atoms with Crippen molar-refractivity contribution in [3.8, 4) is 5.75 Å². The summed E-state index contributed by atoms with van der Waals surface area (Å²) >= 11 is 0. The molecule has 5 unspecified atom stereocenters. The predicted molar refractivity (Wildman–Crippen MR) is 243 cm³/mol. The zero-order valence-corrected chi connectivity index (χ0v) is 37.4. The van der Waals surface area contributed by atoms with E-state index in [-0.39, 0.29) is 18.7 Å². The van der Waals surface area contributed by atoms with Crippen LogP contribution in [-0.2, 0) is 49.5 Å². The number of amides is 2. The Morgan fingerprint density at radius 1 is 0.766 bits per heavy atom. The summed E-state index contributed by atoms with van der Waals surface area (Å²) in [5, 5.41) is 18.2. The zero-order valence-electron chi connectivity index (χ0n) is 37.4. The Hall–Kier alpha value is -5.31. The van der Waals surface area contributed by atoms with Gasteiger partial charge in [0.1, 0.15) is 24.1 Å². The number of benzene rings is 4. The number of fused-ring (bicyclic) bond motifs is 1. The van der Waals surface area contributed by atoms with Gasteiger partial charge in [-0.1, -0.05) is 78.9 Å². The molecule has 2 fully saturated rings. The summed E-state index contributed by atoms with van der Waals surface area (Å²) in [5.74, 6) is -0.798. The molecule has 2 aliphatic heterocycles. The predicted octanol–water partition coefficient (Wildman–Crippen LogP) is 5.91. The summed E-state index contributed by atoms with van der Waals surface area (Å²) in [6.07, 6.45) is -1.40. The third-order valence-electron chi connectivity index (χ3n) is 12.0. The lowest BCUT2D eigenvalue weighted by atomic mass is 9.88. The van der Waals surface area contributed by atoms with Crippen LogP contribution >= 0.6 is 0 Å². The fourth-order valence-electron chi connectivity index (χ4n) is 8.55. The van der Waals surface area contributed by atoms with Gasteiger partial charge in [0.15, 0.2) is 0 Å². The molecule has 7 rings (SSSR count). The Bertz CT molecular complexity index is 2100. The van der Waals surface area contributed by atoms with Crippen molar-refractivity contribution in [2.45, 2.75) is 82.9 Å². The van der Waals surface area contributed by atoms with Gasteiger partial charge in [-0.3, -0.25) is 14.6 Å². The topological polar surface area (TPSA) is 148 Å². The Balaban J connectivity index is 1.08. The number of esters is 1. The van der Waals surface area contributed by atoms with E-state index >= 15 is 0 Å². The molecule has 4 aromatic rings. The summed E-state index contributed by atoms with van der Waals surface area (Å²) in [6.45, 7) is 13.9. The molecular weight excluding hydrogens is 813 g/mol. The first-order chi connectivity index (χ1) is 31.0. The molecule has 5 atom stereocenters. The van der Waals surface area contributed by atoms with Gasteiger partial charge in [0.2, 0.25) is 5.91 Å². The number of nitrogens with one attached hydrogen (secondary N) is 2. The minimum Gasteiger partial charge on any atom is -0.492 e. The first kappa shape index (κ1) is 46.7. The van der Waals surface area contributed by atoms with Gasteiger partial charge in [-0.25, -0.2) is 9.59 Å². The molecule has 342 valence electrons. The molecule has 0 spiro atoms. The van der Waals surface area contributed by atoms with Gasteiger partial charge in [-0.05, 0) is 92.1 Å². The fourth-order valence-corrected chi connectivity index (χ4v) is 8.55. The Kier molecular flexibility index (Phi) is 16.4. The van der Waals surface area contributed by atoms with Crippen molar-refractivity contribution in [2.75, 3.05) is 65.8 Å². The van der Waals surface area contributed by atoms with E-state index in [2.05, 4.69) is 20.4 Å². The Morgan fingerprint density at radius 2 is 1.39 bits per heavy atom. The third kappa shape index (κ3) is 13.8. The smallest absolute Gasteiger partial charge is 0.407 e. The summed E-state index contributed by atoms with van der Waals surface area (Å²) in [5.41, 5.74) is 4.42. The van der Waals surface area contributed by atoms with Gasteiger partial charge in [0.25, 0.3) is 0 Å². The highest BCUT2D eigenvalue weighted by molar-refractivity contribution is 5.89. The molecule has 3 aliphatic rings. The van der Waals surface area contributed by atoms with Crippen LogP contribution in [0.5, 0.6) is 5.75 Å². The number of hydrogen-bond donors (Lipinski definition) is 3. The summed E-state index contributed by atoms with van der Waals surface area (Å²) in [6, 6.07) is 31.2. The van der Waals surface area contributed by atoms with Crippen molar-refractivity contribution in [1.82, 2.24) is 20.4 Å². The number of rotatable bonds is 18. The minimum absolute atomic E-state index is 0.0204. The quantitative estimate of drug-likeness (QED) is 0.103. The van der Waals surface area contributed by atoms with Gasteiger partial charge in [0, 0.05) is 51.6 Å². The van der Waals surface area contributed by atoms with Crippen molar-refractivity contribution < 1.29 is 43.2 Å². The van der Waals surface area contributed by atoms with Crippen molar-refractivity contribution in [3.05, 3.63) is 137 Å². The Labute approximate surface area is 377 Å². The average Bonchev–Trinajstić information content (AvgIpc) is 3.63.